The standard InChI is InChI=1S/C27H27FN10O/c1-14-5-18(26-36-16(3)7-24(38-26)37-23(30)6-15(2)29)9-34-25(14)27(39)35-12-20-11-33-22(13-32-20)21-8-19(28)10-31-17(21)4/h5-11,13H,12,29H2,1-4H3,(H,35,39)(H2,30,36,37,38)/b15-6-. The fourth-order valence-corrected chi connectivity index (χ4v) is 3.68. The first-order chi connectivity index (χ1) is 18.6. The van der Waals surface area contributed by atoms with Crippen molar-refractivity contribution in [3.63, 3.8) is 0 Å². The van der Waals surface area contributed by atoms with E-state index in [1.165, 1.54) is 24.7 Å². The van der Waals surface area contributed by atoms with Gasteiger partial charge in [0, 0.05) is 40.5 Å². The molecular weight excluding hydrogens is 499 g/mol. The number of amidine groups is 1. The van der Waals surface area contributed by atoms with Gasteiger partial charge in [-0.15, -0.1) is 0 Å². The molecule has 0 aliphatic rings. The second kappa shape index (κ2) is 11.5. The molecule has 0 spiro atoms. The van der Waals surface area contributed by atoms with Crippen molar-refractivity contribution in [2.75, 3.05) is 0 Å². The van der Waals surface area contributed by atoms with Gasteiger partial charge in [-0.3, -0.25) is 24.7 Å². The lowest BCUT2D eigenvalue weighted by atomic mass is 10.1. The Balaban J connectivity index is 1.46. The van der Waals surface area contributed by atoms with Crippen LogP contribution >= 0.6 is 0 Å². The molecule has 4 aromatic heterocycles. The third-order valence-corrected chi connectivity index (χ3v) is 5.48. The minimum atomic E-state index is -0.453. The predicted octanol–water partition coefficient (Wildman–Crippen LogP) is 3.24. The largest absolute Gasteiger partial charge is 0.402 e. The summed E-state index contributed by atoms with van der Waals surface area (Å²) in [5.74, 6) is 0.174. The maximum Gasteiger partial charge on any atom is 0.270 e. The van der Waals surface area contributed by atoms with E-state index in [0.717, 1.165) is 6.20 Å². The van der Waals surface area contributed by atoms with Crippen molar-refractivity contribution < 1.29 is 9.18 Å². The first-order valence-electron chi connectivity index (χ1n) is 11.9. The Labute approximate surface area is 224 Å². The van der Waals surface area contributed by atoms with E-state index in [4.69, 9.17) is 11.5 Å². The highest BCUT2D eigenvalue weighted by Gasteiger charge is 2.14. The van der Waals surface area contributed by atoms with Crippen LogP contribution in [-0.4, -0.2) is 41.6 Å². The molecular formula is C27H27FN10O. The number of carbonyl (C=O) groups is 1. The molecule has 39 heavy (non-hydrogen) atoms. The molecule has 12 heteroatoms. The maximum atomic E-state index is 13.6. The van der Waals surface area contributed by atoms with E-state index in [0.29, 0.717) is 56.8 Å². The highest BCUT2D eigenvalue weighted by Crippen LogP contribution is 2.22. The molecule has 0 bridgehead atoms. The van der Waals surface area contributed by atoms with Crippen LogP contribution in [0.15, 0.2) is 59.8 Å². The fraction of sp³-hybridized carbons (Fsp3) is 0.185. The summed E-state index contributed by atoms with van der Waals surface area (Å²) in [6, 6.07) is 4.84. The highest BCUT2D eigenvalue weighted by molar-refractivity contribution is 5.94. The van der Waals surface area contributed by atoms with E-state index >= 15 is 0 Å². The number of aryl methyl sites for hydroxylation is 3. The van der Waals surface area contributed by atoms with Crippen LogP contribution in [0.3, 0.4) is 0 Å². The molecule has 1 amide bonds. The number of nitrogens with two attached hydrogens (primary N) is 2. The molecule has 0 saturated carbocycles. The zero-order valence-electron chi connectivity index (χ0n) is 21.9. The predicted molar refractivity (Wildman–Crippen MR) is 145 cm³/mol. The third-order valence-electron chi connectivity index (χ3n) is 5.48. The molecule has 4 heterocycles. The van der Waals surface area contributed by atoms with Crippen LogP contribution in [-0.2, 0) is 6.54 Å². The Morgan fingerprint density at radius 2 is 1.79 bits per heavy atom. The zero-order chi connectivity index (χ0) is 28.1. The Hall–Kier alpha value is -5.13. The van der Waals surface area contributed by atoms with Crippen molar-refractivity contribution in [3.05, 3.63) is 88.9 Å². The van der Waals surface area contributed by atoms with E-state index in [1.54, 1.807) is 39.0 Å². The van der Waals surface area contributed by atoms with Crippen molar-refractivity contribution in [2.24, 2.45) is 16.5 Å². The Morgan fingerprint density at radius 1 is 1.00 bits per heavy atom. The van der Waals surface area contributed by atoms with Gasteiger partial charge >= 0.3 is 0 Å². The van der Waals surface area contributed by atoms with E-state index < -0.39 is 5.82 Å². The minimum absolute atomic E-state index is 0.135. The summed E-state index contributed by atoms with van der Waals surface area (Å²) in [6.07, 6.45) is 7.26. The van der Waals surface area contributed by atoms with Gasteiger partial charge in [0.1, 0.15) is 17.3 Å². The number of nitrogens with one attached hydrogen (secondary N) is 1. The lowest BCUT2D eigenvalue weighted by molar-refractivity contribution is 0.0944. The lowest BCUT2D eigenvalue weighted by Crippen LogP contribution is -2.25. The van der Waals surface area contributed by atoms with Crippen LogP contribution < -0.4 is 16.8 Å². The number of amides is 1. The first kappa shape index (κ1) is 26.9. The normalized spacial score (nSPS) is 11.9. The number of pyridine rings is 2. The Bertz CT molecular complexity index is 1600. The first-order valence-corrected chi connectivity index (χ1v) is 11.9. The van der Waals surface area contributed by atoms with Gasteiger partial charge in [-0.05, 0) is 51.5 Å². The molecule has 0 saturated heterocycles. The minimum Gasteiger partial charge on any atom is -0.402 e. The van der Waals surface area contributed by atoms with Gasteiger partial charge < -0.3 is 16.8 Å². The van der Waals surface area contributed by atoms with Crippen LogP contribution in [0.4, 0.5) is 10.2 Å². The maximum absolute atomic E-state index is 13.6. The number of carbonyl (C=O) groups excluding carboxylic acids is 1. The van der Waals surface area contributed by atoms with Crippen molar-refractivity contribution in [1.82, 2.24) is 35.2 Å². The van der Waals surface area contributed by atoms with Gasteiger partial charge in [0.25, 0.3) is 5.91 Å². The molecule has 4 rings (SSSR count). The molecule has 198 valence electrons. The molecule has 0 aromatic carbocycles. The Morgan fingerprint density at radius 3 is 2.49 bits per heavy atom. The van der Waals surface area contributed by atoms with Crippen molar-refractivity contribution in [1.29, 1.82) is 0 Å². The quantitative estimate of drug-likeness (QED) is 0.241. The molecule has 0 atom stereocenters. The van der Waals surface area contributed by atoms with Crippen LogP contribution in [0.25, 0.3) is 22.6 Å². The molecule has 0 aliphatic heterocycles. The SMILES string of the molecule is C/C(N)=C/C(N)=Nc1cc(C)nc(-c2cnc(C(=O)NCc3cnc(-c4cc(F)cnc4C)cn3)c(C)c2)n1. The molecule has 11 nitrogen and oxygen atoms in total. The zero-order valence-corrected chi connectivity index (χ0v) is 21.9. The van der Waals surface area contributed by atoms with Crippen molar-refractivity contribution >= 4 is 17.6 Å². The van der Waals surface area contributed by atoms with E-state index in [9.17, 15) is 9.18 Å². The number of aromatic nitrogens is 6. The van der Waals surface area contributed by atoms with E-state index in [-0.39, 0.29) is 24.0 Å². The third kappa shape index (κ3) is 6.80. The summed E-state index contributed by atoms with van der Waals surface area (Å²) in [5.41, 5.74) is 16.5. The average molecular weight is 527 g/mol. The van der Waals surface area contributed by atoms with E-state index in [1.807, 2.05) is 6.92 Å². The van der Waals surface area contributed by atoms with Gasteiger partial charge in [0.2, 0.25) is 0 Å². The van der Waals surface area contributed by atoms with E-state index in [2.05, 4.69) is 40.2 Å². The summed E-state index contributed by atoms with van der Waals surface area (Å²) in [7, 11) is 0. The number of allylic oxidation sites excluding steroid dienone is 1. The number of nitrogens with zero attached hydrogens (tertiary/aromatic N) is 7. The molecule has 5 N–H and O–H groups in total. The highest BCUT2D eigenvalue weighted by atomic mass is 19.1. The summed E-state index contributed by atoms with van der Waals surface area (Å²) >= 11 is 0. The number of hydrogen-bond donors (Lipinski definition) is 3. The molecule has 4 aromatic rings. The summed E-state index contributed by atoms with van der Waals surface area (Å²) in [5, 5.41) is 2.80. The summed E-state index contributed by atoms with van der Waals surface area (Å²) in [4.78, 5) is 43.0. The summed E-state index contributed by atoms with van der Waals surface area (Å²) < 4.78 is 13.6. The second-order valence-electron chi connectivity index (χ2n) is 8.87. The smallest absolute Gasteiger partial charge is 0.270 e. The molecule has 0 aliphatic carbocycles. The number of rotatable bonds is 7. The molecule has 0 unspecified atom stereocenters. The van der Waals surface area contributed by atoms with Crippen LogP contribution in [0.2, 0.25) is 0 Å². The van der Waals surface area contributed by atoms with Gasteiger partial charge in [-0.25, -0.2) is 19.4 Å². The monoisotopic (exact) mass is 526 g/mol. The van der Waals surface area contributed by atoms with Crippen LogP contribution in [0, 0.1) is 26.6 Å². The van der Waals surface area contributed by atoms with Gasteiger partial charge in [-0.2, -0.15) is 0 Å². The average Bonchev–Trinajstić information content (AvgIpc) is 2.88. The second-order valence-corrected chi connectivity index (χ2v) is 8.87. The van der Waals surface area contributed by atoms with Crippen LogP contribution in [0.1, 0.15) is 40.1 Å². The molecule has 0 fully saturated rings. The lowest BCUT2D eigenvalue weighted by Gasteiger charge is -2.09. The Kier molecular flexibility index (Phi) is 7.94. The number of aliphatic imine (C=N–C) groups is 1. The van der Waals surface area contributed by atoms with Crippen LogP contribution in [0.5, 0.6) is 0 Å². The summed E-state index contributed by atoms with van der Waals surface area (Å²) in [6.45, 7) is 7.20. The topological polar surface area (TPSA) is 171 Å². The number of halogens is 1. The fourth-order valence-electron chi connectivity index (χ4n) is 3.68. The number of hydrogen-bond acceptors (Lipinski definition) is 9. The molecule has 0 radical (unpaired) electrons. The van der Waals surface area contributed by atoms with Crippen molar-refractivity contribution in [3.8, 4) is 22.6 Å². The van der Waals surface area contributed by atoms with Gasteiger partial charge in [0.05, 0.1) is 36.5 Å². The van der Waals surface area contributed by atoms with Gasteiger partial charge in [-0.1, -0.05) is 0 Å². The van der Waals surface area contributed by atoms with Crippen molar-refractivity contribution in [2.45, 2.75) is 34.2 Å². The van der Waals surface area contributed by atoms with Gasteiger partial charge in [0.15, 0.2) is 11.6 Å².